The van der Waals surface area contributed by atoms with Crippen molar-refractivity contribution in [3.8, 4) is 16.9 Å². The van der Waals surface area contributed by atoms with Crippen molar-refractivity contribution < 1.29 is 4.74 Å². The molecule has 138 valence electrons. The third kappa shape index (κ3) is 4.26. The van der Waals surface area contributed by atoms with E-state index in [9.17, 15) is 0 Å². The Bertz CT molecular complexity index is 919. The fourth-order valence-electron chi connectivity index (χ4n) is 3.48. The molecule has 4 rings (SSSR count). The van der Waals surface area contributed by atoms with Crippen molar-refractivity contribution in [2.75, 3.05) is 13.1 Å². The van der Waals surface area contributed by atoms with Crippen molar-refractivity contribution in [2.24, 2.45) is 0 Å². The molecule has 0 radical (unpaired) electrons. The number of ether oxygens (including phenoxy) is 1. The molecule has 0 aliphatic carbocycles. The average molecular weight is 422 g/mol. The summed E-state index contributed by atoms with van der Waals surface area (Å²) >= 11 is 3.68. The first-order chi connectivity index (χ1) is 13.2. The minimum Gasteiger partial charge on any atom is -0.488 e. The van der Waals surface area contributed by atoms with Gasteiger partial charge in [0.15, 0.2) is 0 Å². The molecule has 0 spiro atoms. The van der Waals surface area contributed by atoms with Crippen LogP contribution in [0.15, 0.2) is 71.2 Å². The minimum atomic E-state index is 0.566. The SMILES string of the molecule is Cc1c(COc2ccc(CN3CCC3)cc2Br)cccc1-c1ccccc1. The van der Waals surface area contributed by atoms with Gasteiger partial charge in [-0.3, -0.25) is 4.90 Å². The second-order valence-electron chi connectivity index (χ2n) is 7.14. The number of halogens is 1. The van der Waals surface area contributed by atoms with Gasteiger partial charge in [-0.2, -0.15) is 0 Å². The first kappa shape index (κ1) is 18.3. The minimum absolute atomic E-state index is 0.566. The summed E-state index contributed by atoms with van der Waals surface area (Å²) in [7, 11) is 0. The molecule has 0 aromatic heterocycles. The molecule has 3 heteroatoms. The lowest BCUT2D eigenvalue weighted by molar-refractivity contribution is 0.172. The number of likely N-dealkylation sites (tertiary alicyclic amines) is 1. The quantitative estimate of drug-likeness (QED) is 0.468. The van der Waals surface area contributed by atoms with E-state index in [1.54, 1.807) is 0 Å². The van der Waals surface area contributed by atoms with Gasteiger partial charge in [0.1, 0.15) is 12.4 Å². The predicted octanol–water partition coefficient (Wildman–Crippen LogP) is 6.21. The monoisotopic (exact) mass is 421 g/mol. The largest absolute Gasteiger partial charge is 0.488 e. The maximum atomic E-state index is 6.13. The standard InChI is InChI=1S/C24H24BrNO/c1-18-21(9-5-10-22(18)20-7-3-2-4-8-20)17-27-24-12-11-19(15-23(24)25)16-26-13-6-14-26/h2-5,7-12,15H,6,13-14,16-17H2,1H3. The maximum absolute atomic E-state index is 6.13. The smallest absolute Gasteiger partial charge is 0.134 e. The van der Waals surface area contributed by atoms with E-state index in [4.69, 9.17) is 4.74 Å². The Morgan fingerprint density at radius 3 is 2.48 bits per heavy atom. The van der Waals surface area contributed by atoms with Gasteiger partial charge in [0.2, 0.25) is 0 Å². The van der Waals surface area contributed by atoms with E-state index in [0.29, 0.717) is 6.61 Å². The number of hydrogen-bond donors (Lipinski definition) is 0. The zero-order valence-corrected chi connectivity index (χ0v) is 17.2. The lowest BCUT2D eigenvalue weighted by atomic mass is 9.97. The van der Waals surface area contributed by atoms with Gasteiger partial charge in [-0.25, -0.2) is 0 Å². The summed E-state index contributed by atoms with van der Waals surface area (Å²) in [6, 6.07) is 23.4. The van der Waals surface area contributed by atoms with Crippen molar-refractivity contribution in [1.29, 1.82) is 0 Å². The van der Waals surface area contributed by atoms with Gasteiger partial charge in [0.25, 0.3) is 0 Å². The molecule has 0 amide bonds. The van der Waals surface area contributed by atoms with E-state index in [-0.39, 0.29) is 0 Å². The fraction of sp³-hybridized carbons (Fsp3) is 0.250. The lowest BCUT2D eigenvalue weighted by Crippen LogP contribution is -2.36. The second kappa shape index (κ2) is 8.28. The van der Waals surface area contributed by atoms with Crippen LogP contribution >= 0.6 is 15.9 Å². The maximum Gasteiger partial charge on any atom is 0.134 e. The molecule has 0 unspecified atom stereocenters. The molecule has 1 aliphatic rings. The van der Waals surface area contributed by atoms with Crippen LogP contribution in [0.4, 0.5) is 0 Å². The first-order valence-electron chi connectivity index (χ1n) is 9.48. The van der Waals surface area contributed by atoms with E-state index >= 15 is 0 Å². The third-order valence-electron chi connectivity index (χ3n) is 5.27. The molecule has 2 nitrogen and oxygen atoms in total. The van der Waals surface area contributed by atoms with Crippen LogP contribution in [0.25, 0.3) is 11.1 Å². The van der Waals surface area contributed by atoms with Crippen LogP contribution in [0.2, 0.25) is 0 Å². The van der Waals surface area contributed by atoms with Crippen LogP contribution in [0.3, 0.4) is 0 Å². The van der Waals surface area contributed by atoms with E-state index in [2.05, 4.69) is 94.5 Å². The van der Waals surface area contributed by atoms with Crippen LogP contribution in [-0.2, 0) is 13.2 Å². The molecular formula is C24H24BrNO. The topological polar surface area (TPSA) is 12.5 Å². The highest BCUT2D eigenvalue weighted by Gasteiger charge is 2.14. The Morgan fingerprint density at radius 2 is 1.78 bits per heavy atom. The number of rotatable bonds is 6. The molecule has 1 heterocycles. The normalized spacial score (nSPS) is 14.0. The highest BCUT2D eigenvalue weighted by Crippen LogP contribution is 2.30. The molecule has 1 aliphatic heterocycles. The van der Waals surface area contributed by atoms with E-state index in [0.717, 1.165) is 16.8 Å². The second-order valence-corrected chi connectivity index (χ2v) is 7.99. The van der Waals surface area contributed by atoms with Gasteiger partial charge in [-0.15, -0.1) is 0 Å². The van der Waals surface area contributed by atoms with Gasteiger partial charge < -0.3 is 4.74 Å². The molecular weight excluding hydrogens is 398 g/mol. The Hall–Kier alpha value is -2.10. The van der Waals surface area contributed by atoms with Crippen molar-refractivity contribution in [1.82, 2.24) is 4.90 Å². The number of nitrogens with zero attached hydrogens (tertiary/aromatic N) is 1. The third-order valence-corrected chi connectivity index (χ3v) is 5.88. The highest BCUT2D eigenvalue weighted by atomic mass is 79.9. The Kier molecular flexibility index (Phi) is 5.61. The molecule has 0 atom stereocenters. The van der Waals surface area contributed by atoms with Gasteiger partial charge in [0, 0.05) is 6.54 Å². The first-order valence-corrected chi connectivity index (χ1v) is 10.3. The van der Waals surface area contributed by atoms with Gasteiger partial charge >= 0.3 is 0 Å². The van der Waals surface area contributed by atoms with Crippen molar-refractivity contribution >= 4 is 15.9 Å². The molecule has 0 N–H and O–H groups in total. The molecule has 27 heavy (non-hydrogen) atoms. The predicted molar refractivity (Wildman–Crippen MR) is 115 cm³/mol. The lowest BCUT2D eigenvalue weighted by Gasteiger charge is -2.30. The average Bonchev–Trinajstić information content (AvgIpc) is 2.66. The summed E-state index contributed by atoms with van der Waals surface area (Å²) in [5.74, 6) is 0.895. The summed E-state index contributed by atoms with van der Waals surface area (Å²) in [6.45, 7) is 6.19. The zero-order valence-electron chi connectivity index (χ0n) is 15.6. The molecule has 3 aromatic carbocycles. The zero-order chi connectivity index (χ0) is 18.6. The summed E-state index contributed by atoms with van der Waals surface area (Å²) < 4.78 is 7.16. The Labute approximate surface area is 169 Å². The van der Waals surface area contributed by atoms with Crippen molar-refractivity contribution in [2.45, 2.75) is 26.5 Å². The molecule has 1 saturated heterocycles. The van der Waals surface area contributed by atoms with Crippen LogP contribution in [-0.4, -0.2) is 18.0 Å². The fourth-order valence-corrected chi connectivity index (χ4v) is 4.02. The summed E-state index contributed by atoms with van der Waals surface area (Å²) in [4.78, 5) is 2.46. The van der Waals surface area contributed by atoms with Gasteiger partial charge in [-0.1, -0.05) is 54.6 Å². The highest BCUT2D eigenvalue weighted by molar-refractivity contribution is 9.10. The Morgan fingerprint density at radius 1 is 0.963 bits per heavy atom. The molecule has 3 aromatic rings. The van der Waals surface area contributed by atoms with E-state index in [1.807, 2.05) is 0 Å². The summed E-state index contributed by atoms with van der Waals surface area (Å²) in [5, 5.41) is 0. The van der Waals surface area contributed by atoms with Crippen LogP contribution in [0, 0.1) is 6.92 Å². The van der Waals surface area contributed by atoms with Crippen molar-refractivity contribution in [3.63, 3.8) is 0 Å². The van der Waals surface area contributed by atoms with Crippen molar-refractivity contribution in [3.05, 3.63) is 87.9 Å². The molecule has 0 bridgehead atoms. The molecule has 1 fully saturated rings. The Balaban J connectivity index is 1.47. The summed E-state index contributed by atoms with van der Waals surface area (Å²) in [6.07, 6.45) is 1.32. The number of hydrogen-bond acceptors (Lipinski definition) is 2. The van der Waals surface area contributed by atoms with Gasteiger partial charge in [-0.05, 0) is 82.3 Å². The number of benzene rings is 3. The molecule has 0 saturated carbocycles. The van der Waals surface area contributed by atoms with E-state index in [1.165, 1.54) is 47.3 Å². The van der Waals surface area contributed by atoms with Crippen LogP contribution in [0.5, 0.6) is 5.75 Å². The van der Waals surface area contributed by atoms with Gasteiger partial charge in [0.05, 0.1) is 4.47 Å². The van der Waals surface area contributed by atoms with E-state index < -0.39 is 0 Å². The van der Waals surface area contributed by atoms with Crippen LogP contribution < -0.4 is 4.74 Å². The van der Waals surface area contributed by atoms with Crippen LogP contribution in [0.1, 0.15) is 23.1 Å². The summed E-state index contributed by atoms with van der Waals surface area (Å²) in [5.41, 5.74) is 6.33.